The van der Waals surface area contributed by atoms with Crippen LogP contribution < -0.4 is 0 Å². The first kappa shape index (κ1) is 28.2. The molecular formula is C27H26Cl2F3N. The molecule has 0 aliphatic carbocycles. The Balaban J connectivity index is 0.000000220. The molecule has 0 atom stereocenters. The highest BCUT2D eigenvalue weighted by molar-refractivity contribution is 6.30. The van der Waals surface area contributed by atoms with Gasteiger partial charge in [0.05, 0.1) is 0 Å². The van der Waals surface area contributed by atoms with Gasteiger partial charge in [0.2, 0.25) is 0 Å². The lowest BCUT2D eigenvalue weighted by molar-refractivity contribution is 0.508. The second kappa shape index (κ2) is 15.1. The van der Waals surface area contributed by atoms with E-state index in [0.29, 0.717) is 5.15 Å². The lowest BCUT2D eigenvalue weighted by Gasteiger charge is -1.91. The predicted molar refractivity (Wildman–Crippen MR) is 132 cm³/mol. The standard InChI is InChI=1S/C7H7Cl.C7H6F2.C7H7F.C6H6ClN/c1-6-2-4-7(8)5-3-6;1-5-2-3-6(8)7(9)4-5;1-6-2-4-7(8)5-3-6;1-5-2-3-6(7)8-4-5/h2-5H,1H3;2-4H,1H3;2-5H,1H3;2-4H,1H3. The topological polar surface area (TPSA) is 12.9 Å². The average Bonchev–Trinajstić information content (AvgIpc) is 2.79. The summed E-state index contributed by atoms with van der Waals surface area (Å²) in [6, 6.07) is 21.7. The van der Waals surface area contributed by atoms with Crippen LogP contribution in [-0.4, -0.2) is 4.98 Å². The van der Waals surface area contributed by atoms with Gasteiger partial charge in [-0.05, 0) is 81.3 Å². The lowest BCUT2D eigenvalue weighted by Crippen LogP contribution is -1.82. The van der Waals surface area contributed by atoms with E-state index in [1.165, 1.54) is 23.8 Å². The van der Waals surface area contributed by atoms with Gasteiger partial charge in [-0.15, -0.1) is 0 Å². The van der Waals surface area contributed by atoms with E-state index in [9.17, 15) is 13.2 Å². The maximum atomic E-state index is 12.2. The van der Waals surface area contributed by atoms with E-state index in [1.807, 2.05) is 51.1 Å². The van der Waals surface area contributed by atoms with Gasteiger partial charge < -0.3 is 0 Å². The molecule has 0 fully saturated rings. The van der Waals surface area contributed by atoms with E-state index in [-0.39, 0.29) is 5.82 Å². The Bertz CT molecular complexity index is 915. The third-order valence-electron chi connectivity index (χ3n) is 3.97. The Kier molecular flexibility index (Phi) is 12.9. The minimum absolute atomic E-state index is 0.171. The largest absolute Gasteiger partial charge is 0.244 e. The molecule has 0 spiro atoms. The molecular weight excluding hydrogens is 466 g/mol. The third kappa shape index (κ3) is 13.4. The van der Waals surface area contributed by atoms with E-state index >= 15 is 0 Å². The molecule has 0 saturated heterocycles. The van der Waals surface area contributed by atoms with Crippen molar-refractivity contribution in [2.45, 2.75) is 27.7 Å². The van der Waals surface area contributed by atoms with Crippen LogP contribution in [0.2, 0.25) is 10.2 Å². The van der Waals surface area contributed by atoms with Crippen molar-refractivity contribution in [3.8, 4) is 0 Å². The van der Waals surface area contributed by atoms with Crippen molar-refractivity contribution in [2.75, 3.05) is 0 Å². The molecule has 0 saturated carbocycles. The zero-order valence-corrected chi connectivity index (χ0v) is 20.4. The van der Waals surface area contributed by atoms with Crippen molar-refractivity contribution >= 4 is 23.2 Å². The molecule has 0 aliphatic rings. The van der Waals surface area contributed by atoms with Crippen LogP contribution in [0.5, 0.6) is 0 Å². The zero-order chi connectivity index (χ0) is 24.8. The Hall–Kier alpha value is -2.82. The molecule has 1 nitrogen and oxygen atoms in total. The summed E-state index contributed by atoms with van der Waals surface area (Å²) in [5, 5.41) is 1.35. The summed E-state index contributed by atoms with van der Waals surface area (Å²) in [7, 11) is 0. The fourth-order valence-corrected chi connectivity index (χ4v) is 2.36. The molecule has 1 heterocycles. The van der Waals surface area contributed by atoms with Crippen molar-refractivity contribution in [1.29, 1.82) is 0 Å². The van der Waals surface area contributed by atoms with Gasteiger partial charge in [-0.3, -0.25) is 0 Å². The second-order valence-corrected chi connectivity index (χ2v) is 7.99. The predicted octanol–water partition coefficient (Wildman–Crippen LogP) is 9.10. The third-order valence-corrected chi connectivity index (χ3v) is 4.45. The Morgan fingerprint density at radius 2 is 1.03 bits per heavy atom. The maximum absolute atomic E-state index is 12.2. The van der Waals surface area contributed by atoms with Crippen molar-refractivity contribution in [3.05, 3.63) is 135 Å². The second-order valence-electron chi connectivity index (χ2n) is 7.17. The number of aromatic nitrogens is 1. The van der Waals surface area contributed by atoms with Gasteiger partial charge in [-0.1, -0.05) is 70.7 Å². The van der Waals surface area contributed by atoms with Crippen LogP contribution in [0.25, 0.3) is 0 Å². The maximum Gasteiger partial charge on any atom is 0.159 e. The molecule has 33 heavy (non-hydrogen) atoms. The molecule has 4 aromatic rings. The van der Waals surface area contributed by atoms with Crippen LogP contribution >= 0.6 is 23.2 Å². The van der Waals surface area contributed by atoms with Crippen LogP contribution in [0.4, 0.5) is 13.2 Å². The molecule has 174 valence electrons. The molecule has 0 bridgehead atoms. The smallest absolute Gasteiger partial charge is 0.159 e. The molecule has 3 aromatic carbocycles. The first-order valence-corrected chi connectivity index (χ1v) is 10.8. The van der Waals surface area contributed by atoms with Gasteiger partial charge in [-0.2, -0.15) is 0 Å². The van der Waals surface area contributed by atoms with E-state index < -0.39 is 11.6 Å². The lowest BCUT2D eigenvalue weighted by atomic mass is 10.2. The van der Waals surface area contributed by atoms with Gasteiger partial charge in [-0.25, -0.2) is 18.2 Å². The zero-order valence-electron chi connectivity index (χ0n) is 18.9. The van der Waals surface area contributed by atoms with Gasteiger partial charge >= 0.3 is 0 Å². The molecule has 1 aromatic heterocycles. The quantitative estimate of drug-likeness (QED) is 0.223. The van der Waals surface area contributed by atoms with E-state index in [0.717, 1.165) is 33.8 Å². The molecule has 6 heteroatoms. The SMILES string of the molecule is Cc1ccc(Cl)cc1.Cc1ccc(Cl)nc1.Cc1ccc(F)c(F)c1.Cc1ccc(F)cc1. The fourth-order valence-electron chi connectivity index (χ4n) is 2.12. The summed E-state index contributed by atoms with van der Waals surface area (Å²) in [4.78, 5) is 3.84. The highest BCUT2D eigenvalue weighted by atomic mass is 35.5. The summed E-state index contributed by atoms with van der Waals surface area (Å²) in [5.41, 5.74) is 4.20. The Labute approximate surface area is 203 Å². The van der Waals surface area contributed by atoms with Gasteiger partial charge in [0.1, 0.15) is 11.0 Å². The number of rotatable bonds is 0. The average molecular weight is 492 g/mol. The number of pyridine rings is 1. The first-order valence-electron chi connectivity index (χ1n) is 10.0. The van der Waals surface area contributed by atoms with Crippen LogP contribution in [0.15, 0.2) is 85.1 Å². The monoisotopic (exact) mass is 491 g/mol. The van der Waals surface area contributed by atoms with E-state index in [2.05, 4.69) is 4.98 Å². The number of benzene rings is 3. The van der Waals surface area contributed by atoms with Gasteiger partial charge in [0.15, 0.2) is 11.6 Å². The first-order chi connectivity index (χ1) is 15.6. The summed E-state index contributed by atoms with van der Waals surface area (Å²) in [6.45, 7) is 7.65. The summed E-state index contributed by atoms with van der Waals surface area (Å²) in [5.74, 6) is -1.74. The summed E-state index contributed by atoms with van der Waals surface area (Å²) < 4.78 is 36.4. The molecule has 0 N–H and O–H groups in total. The minimum Gasteiger partial charge on any atom is -0.244 e. The van der Waals surface area contributed by atoms with Gasteiger partial charge in [0, 0.05) is 11.2 Å². The molecule has 0 unspecified atom stereocenters. The van der Waals surface area contributed by atoms with Crippen molar-refractivity contribution in [2.24, 2.45) is 0 Å². The minimum atomic E-state index is -0.791. The number of nitrogens with zero attached hydrogens (tertiary/aromatic N) is 1. The normalized spacial score (nSPS) is 9.36. The molecule has 0 amide bonds. The number of hydrogen-bond donors (Lipinski definition) is 0. The van der Waals surface area contributed by atoms with E-state index in [4.69, 9.17) is 23.2 Å². The van der Waals surface area contributed by atoms with Crippen LogP contribution in [0, 0.1) is 45.1 Å². The molecule has 4 rings (SSSR count). The van der Waals surface area contributed by atoms with Crippen molar-refractivity contribution in [3.63, 3.8) is 0 Å². The van der Waals surface area contributed by atoms with Crippen LogP contribution in [-0.2, 0) is 0 Å². The highest BCUT2D eigenvalue weighted by Crippen LogP contribution is 2.08. The number of halogens is 5. The molecule has 0 aliphatic heterocycles. The number of hydrogen-bond acceptors (Lipinski definition) is 1. The van der Waals surface area contributed by atoms with Crippen LogP contribution in [0.3, 0.4) is 0 Å². The van der Waals surface area contributed by atoms with Crippen molar-refractivity contribution in [1.82, 2.24) is 4.98 Å². The summed E-state index contributed by atoms with van der Waals surface area (Å²) in [6.07, 6.45) is 1.74. The fraction of sp³-hybridized carbons (Fsp3) is 0.148. The molecule has 0 radical (unpaired) electrons. The highest BCUT2D eigenvalue weighted by Gasteiger charge is 1.97. The Morgan fingerprint density at radius 3 is 1.39 bits per heavy atom. The Morgan fingerprint density at radius 1 is 0.545 bits per heavy atom. The van der Waals surface area contributed by atoms with Crippen LogP contribution in [0.1, 0.15) is 22.3 Å². The summed E-state index contributed by atoms with van der Waals surface area (Å²) >= 11 is 11.1. The number of aryl methyl sites for hydroxylation is 4. The van der Waals surface area contributed by atoms with E-state index in [1.54, 1.807) is 31.3 Å². The van der Waals surface area contributed by atoms with Crippen molar-refractivity contribution < 1.29 is 13.2 Å². The van der Waals surface area contributed by atoms with Gasteiger partial charge in [0.25, 0.3) is 0 Å².